The van der Waals surface area contributed by atoms with Gasteiger partial charge >= 0.3 is 0 Å². The minimum Gasteiger partial charge on any atom is -0.353 e. The quantitative estimate of drug-likeness (QED) is 0.542. The normalized spacial score (nSPS) is 10.6. The van der Waals surface area contributed by atoms with Crippen LogP contribution >= 0.6 is 11.6 Å². The number of anilines is 4. The fourth-order valence-electron chi connectivity index (χ4n) is 2.57. The van der Waals surface area contributed by atoms with Crippen LogP contribution in [0.3, 0.4) is 0 Å². The molecule has 0 saturated heterocycles. The molecule has 0 atom stereocenters. The van der Waals surface area contributed by atoms with Crippen molar-refractivity contribution in [2.24, 2.45) is 7.05 Å². The second kappa shape index (κ2) is 8.24. The minimum absolute atomic E-state index is 0.0616. The predicted molar refractivity (Wildman–Crippen MR) is 105 cm³/mol. The lowest BCUT2D eigenvalue weighted by Crippen LogP contribution is -2.23. The van der Waals surface area contributed by atoms with Crippen LogP contribution in [0.2, 0.25) is 5.02 Å². The van der Waals surface area contributed by atoms with Crippen molar-refractivity contribution in [3.63, 3.8) is 0 Å². The summed E-state index contributed by atoms with van der Waals surface area (Å²) >= 11 is 6.24. The number of benzene rings is 1. The molecule has 3 aromatic rings. The Balaban J connectivity index is 1.90. The summed E-state index contributed by atoms with van der Waals surface area (Å²) in [7, 11) is 3.10. The molecule has 0 unspecified atom stereocenters. The SMILES string of the molecule is CONC(=O)c1cc(F)ccc1Nc1cc(Nc2cc(C)nn2C)ncc1Cl. The highest BCUT2D eigenvalue weighted by molar-refractivity contribution is 6.33. The molecular formula is C18H18ClFN6O2. The maximum atomic E-state index is 13.6. The summed E-state index contributed by atoms with van der Waals surface area (Å²) in [4.78, 5) is 21.0. The molecule has 0 aliphatic carbocycles. The highest BCUT2D eigenvalue weighted by Crippen LogP contribution is 2.30. The molecule has 0 fully saturated rings. The summed E-state index contributed by atoms with van der Waals surface area (Å²) in [6, 6.07) is 7.32. The number of nitrogens with zero attached hydrogens (tertiary/aromatic N) is 3. The van der Waals surface area contributed by atoms with Crippen molar-refractivity contribution in [2.45, 2.75) is 6.92 Å². The van der Waals surface area contributed by atoms with Gasteiger partial charge in [-0.25, -0.2) is 14.9 Å². The van der Waals surface area contributed by atoms with Gasteiger partial charge in [0.15, 0.2) is 0 Å². The zero-order valence-electron chi connectivity index (χ0n) is 15.4. The predicted octanol–water partition coefficient (Wildman–Crippen LogP) is 3.69. The number of hydrogen-bond donors (Lipinski definition) is 3. The summed E-state index contributed by atoms with van der Waals surface area (Å²) in [6.45, 7) is 1.88. The maximum absolute atomic E-state index is 13.6. The lowest BCUT2D eigenvalue weighted by atomic mass is 10.1. The third kappa shape index (κ3) is 4.38. The molecule has 1 aromatic carbocycles. The van der Waals surface area contributed by atoms with Gasteiger partial charge in [0.1, 0.15) is 17.5 Å². The van der Waals surface area contributed by atoms with Gasteiger partial charge in [-0.2, -0.15) is 5.10 Å². The molecule has 0 aliphatic heterocycles. The number of aryl methyl sites for hydroxylation is 2. The molecule has 0 spiro atoms. The zero-order chi connectivity index (χ0) is 20.3. The van der Waals surface area contributed by atoms with Crippen LogP contribution in [0.5, 0.6) is 0 Å². The van der Waals surface area contributed by atoms with E-state index in [2.05, 4.69) is 31.0 Å². The Labute approximate surface area is 165 Å². The third-order valence-corrected chi connectivity index (χ3v) is 4.10. The van der Waals surface area contributed by atoms with E-state index >= 15 is 0 Å². The van der Waals surface area contributed by atoms with E-state index in [-0.39, 0.29) is 5.56 Å². The number of carbonyl (C=O) groups is 1. The molecule has 8 nitrogen and oxygen atoms in total. The van der Waals surface area contributed by atoms with Gasteiger partial charge in [0.2, 0.25) is 0 Å². The Kier molecular flexibility index (Phi) is 5.76. The van der Waals surface area contributed by atoms with Crippen molar-refractivity contribution in [3.8, 4) is 0 Å². The van der Waals surface area contributed by atoms with Crippen molar-refractivity contribution >= 4 is 40.5 Å². The second-order valence-corrected chi connectivity index (χ2v) is 6.33. The number of amides is 1. The largest absolute Gasteiger partial charge is 0.353 e. The first kappa shape index (κ1) is 19.6. The van der Waals surface area contributed by atoms with Crippen LogP contribution in [0.25, 0.3) is 0 Å². The Morgan fingerprint density at radius 1 is 1.21 bits per heavy atom. The summed E-state index contributed by atoms with van der Waals surface area (Å²) in [5, 5.41) is 10.8. The van der Waals surface area contributed by atoms with Gasteiger partial charge in [-0.3, -0.25) is 14.3 Å². The average Bonchev–Trinajstić information content (AvgIpc) is 2.96. The van der Waals surface area contributed by atoms with E-state index in [1.54, 1.807) is 10.7 Å². The zero-order valence-corrected chi connectivity index (χ0v) is 16.1. The van der Waals surface area contributed by atoms with Crippen molar-refractivity contribution in [1.29, 1.82) is 0 Å². The first-order valence-corrected chi connectivity index (χ1v) is 8.58. The van der Waals surface area contributed by atoms with E-state index in [1.165, 1.54) is 25.4 Å². The lowest BCUT2D eigenvalue weighted by Gasteiger charge is -2.14. The number of halogens is 2. The van der Waals surface area contributed by atoms with Gasteiger partial charge in [0.25, 0.3) is 5.91 Å². The Morgan fingerprint density at radius 3 is 2.68 bits per heavy atom. The molecular weight excluding hydrogens is 387 g/mol. The molecule has 0 radical (unpaired) electrons. The Morgan fingerprint density at radius 2 is 2.00 bits per heavy atom. The van der Waals surface area contributed by atoms with E-state index in [9.17, 15) is 9.18 Å². The molecule has 28 heavy (non-hydrogen) atoms. The highest BCUT2D eigenvalue weighted by Gasteiger charge is 2.15. The van der Waals surface area contributed by atoms with Crippen LogP contribution in [-0.4, -0.2) is 27.8 Å². The molecule has 3 rings (SSSR count). The molecule has 146 valence electrons. The second-order valence-electron chi connectivity index (χ2n) is 5.92. The van der Waals surface area contributed by atoms with Crippen LogP contribution in [0.1, 0.15) is 16.1 Å². The van der Waals surface area contributed by atoms with Crippen LogP contribution in [0, 0.1) is 12.7 Å². The monoisotopic (exact) mass is 404 g/mol. The lowest BCUT2D eigenvalue weighted by molar-refractivity contribution is 0.0538. The number of hydrogen-bond acceptors (Lipinski definition) is 6. The average molecular weight is 405 g/mol. The van der Waals surface area contributed by atoms with Crippen molar-refractivity contribution in [2.75, 3.05) is 17.7 Å². The number of pyridine rings is 1. The number of rotatable bonds is 6. The van der Waals surface area contributed by atoms with Gasteiger partial charge < -0.3 is 10.6 Å². The highest BCUT2D eigenvalue weighted by atomic mass is 35.5. The van der Waals surface area contributed by atoms with E-state index in [0.29, 0.717) is 22.2 Å². The van der Waals surface area contributed by atoms with Gasteiger partial charge in [-0.05, 0) is 25.1 Å². The van der Waals surface area contributed by atoms with Crippen molar-refractivity contribution in [3.05, 3.63) is 58.6 Å². The van der Waals surface area contributed by atoms with Crippen LogP contribution in [0.4, 0.5) is 27.4 Å². The first-order chi connectivity index (χ1) is 13.4. The summed E-state index contributed by atoms with van der Waals surface area (Å²) in [6.07, 6.45) is 1.47. The maximum Gasteiger partial charge on any atom is 0.277 e. The van der Waals surface area contributed by atoms with Gasteiger partial charge in [-0.1, -0.05) is 11.6 Å². The van der Waals surface area contributed by atoms with E-state index < -0.39 is 11.7 Å². The third-order valence-electron chi connectivity index (χ3n) is 3.80. The minimum atomic E-state index is -0.599. The Hall–Kier alpha value is -3.17. The molecule has 0 bridgehead atoms. The molecule has 2 aromatic heterocycles. The van der Waals surface area contributed by atoms with Gasteiger partial charge in [-0.15, -0.1) is 0 Å². The molecule has 2 heterocycles. The number of aromatic nitrogens is 3. The fraction of sp³-hybridized carbons (Fsp3) is 0.167. The van der Waals surface area contributed by atoms with Crippen molar-refractivity contribution < 1.29 is 14.0 Å². The fourth-order valence-corrected chi connectivity index (χ4v) is 2.72. The topological polar surface area (TPSA) is 93.1 Å². The Bertz CT molecular complexity index is 1020. The van der Waals surface area contributed by atoms with E-state index in [0.717, 1.165) is 17.6 Å². The van der Waals surface area contributed by atoms with E-state index in [1.807, 2.05) is 20.0 Å². The van der Waals surface area contributed by atoms with Crippen LogP contribution < -0.4 is 16.1 Å². The first-order valence-electron chi connectivity index (χ1n) is 8.20. The van der Waals surface area contributed by atoms with Crippen LogP contribution in [0.15, 0.2) is 36.5 Å². The summed E-state index contributed by atoms with van der Waals surface area (Å²) in [5.41, 5.74) is 3.93. The molecule has 1 amide bonds. The number of hydroxylamine groups is 1. The van der Waals surface area contributed by atoms with Crippen molar-refractivity contribution in [1.82, 2.24) is 20.2 Å². The number of nitrogens with one attached hydrogen (secondary N) is 3. The molecule has 0 saturated carbocycles. The summed E-state index contributed by atoms with van der Waals surface area (Å²) in [5.74, 6) is 0.111. The van der Waals surface area contributed by atoms with Crippen LogP contribution in [-0.2, 0) is 11.9 Å². The van der Waals surface area contributed by atoms with E-state index in [4.69, 9.17) is 11.6 Å². The molecule has 3 N–H and O–H groups in total. The number of carbonyl (C=O) groups excluding carboxylic acids is 1. The molecule has 10 heteroatoms. The smallest absolute Gasteiger partial charge is 0.277 e. The summed E-state index contributed by atoms with van der Waals surface area (Å²) < 4.78 is 15.3. The van der Waals surface area contributed by atoms with Gasteiger partial charge in [0.05, 0.1) is 41.0 Å². The molecule has 0 aliphatic rings. The van der Waals surface area contributed by atoms with Gasteiger partial charge in [0, 0.05) is 19.2 Å². The standard InChI is InChI=1S/C18H18ClFN6O2/c1-10-6-17(26(2)24-10)23-16-8-15(13(19)9-21-16)22-14-5-4-11(20)7-12(14)18(27)25-28-3/h4-9H,1-3H3,(H,25,27)(H2,21,22,23).